The first kappa shape index (κ1) is 9.21. The average molecular weight is 144 g/mol. The zero-order valence-corrected chi connectivity index (χ0v) is 6.26. The first-order chi connectivity index (χ1) is 4.85. The fourth-order valence-electron chi connectivity index (χ4n) is 0.487. The molecule has 0 heterocycles. The van der Waals surface area contributed by atoms with Crippen LogP contribution in [0.25, 0.3) is 0 Å². The third-order valence-electron chi connectivity index (χ3n) is 0.818. The summed E-state index contributed by atoms with van der Waals surface area (Å²) in [5.74, 6) is 0. The minimum atomic E-state index is -0.583. The Labute approximate surface area is 60.7 Å². The van der Waals surface area contributed by atoms with Crippen molar-refractivity contribution in [1.82, 2.24) is 5.32 Å². The topological polar surface area (TPSA) is 54.3 Å². The van der Waals surface area contributed by atoms with Crippen LogP contribution in [0.3, 0.4) is 0 Å². The van der Waals surface area contributed by atoms with E-state index in [1.807, 2.05) is 13.8 Å². The molecule has 0 saturated carbocycles. The third-order valence-corrected chi connectivity index (χ3v) is 0.818. The molecule has 0 amide bonds. The molecule has 0 rings (SSSR count). The second-order valence-electron chi connectivity index (χ2n) is 1.50. The summed E-state index contributed by atoms with van der Waals surface area (Å²) in [6.45, 7) is 4.73. The molecule has 0 bridgehead atoms. The molecule has 1 N–H and O–H groups in total. The fraction of sp³-hybridized carbons (Fsp3) is 0.833. The monoisotopic (exact) mass is 144 g/mol. The van der Waals surface area contributed by atoms with E-state index in [0.29, 0.717) is 13.2 Å². The van der Waals surface area contributed by atoms with Gasteiger partial charge in [-0.3, -0.25) is 5.32 Å². The summed E-state index contributed by atoms with van der Waals surface area (Å²) < 4.78 is 9.93. The van der Waals surface area contributed by atoms with Crippen LogP contribution in [-0.4, -0.2) is 19.6 Å². The molecule has 4 nitrogen and oxygen atoms in total. The minimum Gasteiger partial charge on any atom is -0.335 e. The molecule has 58 valence electrons. The average Bonchev–Trinajstić information content (AvgIpc) is 1.90. The molecule has 0 aliphatic carbocycles. The molecule has 0 fully saturated rings. The van der Waals surface area contributed by atoms with Gasteiger partial charge in [0.15, 0.2) is 6.19 Å². The van der Waals surface area contributed by atoms with Gasteiger partial charge >= 0.3 is 0 Å². The quantitative estimate of drug-likeness (QED) is 0.345. The van der Waals surface area contributed by atoms with E-state index in [9.17, 15) is 0 Å². The lowest BCUT2D eigenvalue weighted by Gasteiger charge is -2.13. The van der Waals surface area contributed by atoms with E-state index >= 15 is 0 Å². The lowest BCUT2D eigenvalue weighted by Crippen LogP contribution is -2.30. The van der Waals surface area contributed by atoms with Crippen LogP contribution in [-0.2, 0) is 9.47 Å². The van der Waals surface area contributed by atoms with Crippen molar-refractivity contribution in [3.63, 3.8) is 0 Å². The Morgan fingerprint density at radius 1 is 1.40 bits per heavy atom. The zero-order chi connectivity index (χ0) is 7.82. The second-order valence-corrected chi connectivity index (χ2v) is 1.50. The zero-order valence-electron chi connectivity index (χ0n) is 6.26. The lowest BCUT2D eigenvalue weighted by atomic mass is 10.8. The van der Waals surface area contributed by atoms with E-state index in [4.69, 9.17) is 14.7 Å². The molecule has 0 aromatic rings. The van der Waals surface area contributed by atoms with Gasteiger partial charge in [0.1, 0.15) is 0 Å². The Morgan fingerprint density at radius 3 is 2.20 bits per heavy atom. The van der Waals surface area contributed by atoms with Crippen LogP contribution in [0.4, 0.5) is 0 Å². The molecule has 0 aliphatic heterocycles. The van der Waals surface area contributed by atoms with Crippen molar-refractivity contribution in [3.05, 3.63) is 0 Å². The maximum Gasteiger partial charge on any atom is 0.246 e. The van der Waals surface area contributed by atoms with Crippen LogP contribution in [0.2, 0.25) is 0 Å². The van der Waals surface area contributed by atoms with Crippen molar-refractivity contribution >= 4 is 0 Å². The van der Waals surface area contributed by atoms with Gasteiger partial charge in [0, 0.05) is 13.2 Å². The van der Waals surface area contributed by atoms with Crippen molar-refractivity contribution in [2.45, 2.75) is 20.3 Å². The van der Waals surface area contributed by atoms with Crippen LogP contribution < -0.4 is 5.32 Å². The van der Waals surface area contributed by atoms with Gasteiger partial charge < -0.3 is 9.47 Å². The van der Waals surface area contributed by atoms with E-state index in [1.54, 1.807) is 6.19 Å². The maximum atomic E-state index is 8.17. The summed E-state index contributed by atoms with van der Waals surface area (Å²) in [7, 11) is 0. The van der Waals surface area contributed by atoms with Crippen molar-refractivity contribution in [2.75, 3.05) is 13.2 Å². The van der Waals surface area contributed by atoms with E-state index < -0.39 is 6.41 Å². The van der Waals surface area contributed by atoms with Gasteiger partial charge in [0.2, 0.25) is 6.41 Å². The Balaban J connectivity index is 3.42. The minimum absolute atomic E-state index is 0.527. The molecular weight excluding hydrogens is 132 g/mol. The summed E-state index contributed by atoms with van der Waals surface area (Å²) in [4.78, 5) is 0. The molecular formula is C6H12N2O2. The number of hydrogen-bond donors (Lipinski definition) is 1. The highest BCUT2D eigenvalue weighted by atomic mass is 16.7. The Bertz CT molecular complexity index is 105. The summed E-state index contributed by atoms with van der Waals surface area (Å²) >= 11 is 0. The maximum absolute atomic E-state index is 8.17. The van der Waals surface area contributed by atoms with Crippen LogP contribution in [0.15, 0.2) is 0 Å². The van der Waals surface area contributed by atoms with Crippen LogP contribution in [0, 0.1) is 11.5 Å². The molecule has 0 aromatic heterocycles. The van der Waals surface area contributed by atoms with Crippen molar-refractivity contribution in [3.8, 4) is 6.19 Å². The summed E-state index contributed by atoms with van der Waals surface area (Å²) in [6.07, 6.45) is 1.15. The van der Waals surface area contributed by atoms with Gasteiger partial charge in [-0.05, 0) is 13.8 Å². The number of nitrogens with one attached hydrogen (secondary N) is 1. The summed E-state index contributed by atoms with van der Waals surface area (Å²) in [5, 5.41) is 10.5. The second kappa shape index (κ2) is 6.33. The highest BCUT2D eigenvalue weighted by molar-refractivity contribution is 4.63. The molecule has 4 heteroatoms. The predicted octanol–water partition coefficient (Wildman–Crippen LogP) is 0.414. The Morgan fingerprint density at radius 2 is 1.90 bits per heavy atom. The fourth-order valence-corrected chi connectivity index (χ4v) is 0.487. The number of hydrogen-bond acceptors (Lipinski definition) is 4. The lowest BCUT2D eigenvalue weighted by molar-refractivity contribution is -0.146. The standard InChI is InChI=1S/C6H12N2O2/c1-3-9-6(8-5-7)10-4-2/h6,8H,3-4H2,1-2H3. The molecule has 0 atom stereocenters. The Hall–Kier alpha value is -0.790. The highest BCUT2D eigenvalue weighted by Crippen LogP contribution is 1.88. The summed E-state index contributed by atoms with van der Waals surface area (Å²) in [6, 6.07) is 0. The predicted molar refractivity (Wildman–Crippen MR) is 35.8 cm³/mol. The van der Waals surface area contributed by atoms with Gasteiger partial charge in [-0.1, -0.05) is 0 Å². The number of ether oxygens (including phenoxy) is 2. The molecule has 0 spiro atoms. The van der Waals surface area contributed by atoms with E-state index in [2.05, 4.69) is 5.32 Å². The van der Waals surface area contributed by atoms with Gasteiger partial charge in [-0.2, -0.15) is 5.26 Å². The molecule has 10 heavy (non-hydrogen) atoms. The first-order valence-electron chi connectivity index (χ1n) is 3.23. The SMILES string of the molecule is CCOC(NC#N)OCC. The van der Waals surface area contributed by atoms with E-state index in [-0.39, 0.29) is 0 Å². The van der Waals surface area contributed by atoms with Crippen molar-refractivity contribution in [2.24, 2.45) is 0 Å². The van der Waals surface area contributed by atoms with E-state index in [1.165, 1.54) is 0 Å². The van der Waals surface area contributed by atoms with Gasteiger partial charge in [-0.25, -0.2) is 0 Å². The number of nitriles is 1. The molecule has 0 saturated heterocycles. The normalized spacial score (nSPS) is 9.40. The molecule has 0 aliphatic rings. The van der Waals surface area contributed by atoms with Gasteiger partial charge in [-0.15, -0.1) is 0 Å². The summed E-state index contributed by atoms with van der Waals surface area (Å²) in [5.41, 5.74) is 0. The van der Waals surface area contributed by atoms with Gasteiger partial charge in [0.25, 0.3) is 0 Å². The number of nitrogens with zero attached hydrogens (tertiary/aromatic N) is 1. The first-order valence-corrected chi connectivity index (χ1v) is 3.23. The molecule has 0 unspecified atom stereocenters. The van der Waals surface area contributed by atoms with Crippen LogP contribution in [0.5, 0.6) is 0 Å². The van der Waals surface area contributed by atoms with E-state index in [0.717, 1.165) is 0 Å². The number of rotatable bonds is 5. The van der Waals surface area contributed by atoms with Crippen molar-refractivity contribution in [1.29, 1.82) is 5.26 Å². The smallest absolute Gasteiger partial charge is 0.246 e. The van der Waals surface area contributed by atoms with Gasteiger partial charge in [0.05, 0.1) is 0 Å². The van der Waals surface area contributed by atoms with Crippen LogP contribution >= 0.6 is 0 Å². The Kier molecular flexibility index (Phi) is 5.83. The largest absolute Gasteiger partial charge is 0.335 e. The van der Waals surface area contributed by atoms with Crippen LogP contribution in [0.1, 0.15) is 13.8 Å². The molecule has 0 radical (unpaired) electrons. The third kappa shape index (κ3) is 4.13. The molecule has 0 aromatic carbocycles. The highest BCUT2D eigenvalue weighted by Gasteiger charge is 2.03. The van der Waals surface area contributed by atoms with Crippen molar-refractivity contribution < 1.29 is 9.47 Å².